The molecule has 0 bridgehead atoms. The van der Waals surface area contributed by atoms with Gasteiger partial charge in [0.25, 0.3) is 0 Å². The summed E-state index contributed by atoms with van der Waals surface area (Å²) in [6.07, 6.45) is 7.28. The van der Waals surface area contributed by atoms with Crippen molar-refractivity contribution in [3.8, 4) is 11.5 Å². The van der Waals surface area contributed by atoms with Gasteiger partial charge in [-0.25, -0.2) is 14.8 Å². The van der Waals surface area contributed by atoms with E-state index in [0.717, 1.165) is 36.5 Å². The molecule has 2 aliphatic rings. The van der Waals surface area contributed by atoms with Gasteiger partial charge in [-0.15, -0.1) is 0 Å². The Balaban J connectivity index is 1.35. The number of carboxylic acids is 1. The lowest BCUT2D eigenvalue weighted by Gasteiger charge is -2.15. The number of pyridine rings is 1. The average molecular weight is 475 g/mol. The number of anilines is 2. The molecule has 35 heavy (non-hydrogen) atoms. The molecule has 0 radical (unpaired) electrons. The van der Waals surface area contributed by atoms with Crippen LogP contribution in [-0.2, 0) is 0 Å². The minimum atomic E-state index is -1.31. The van der Waals surface area contributed by atoms with E-state index in [0.29, 0.717) is 23.7 Å². The van der Waals surface area contributed by atoms with Gasteiger partial charge in [0.1, 0.15) is 12.4 Å². The van der Waals surface area contributed by atoms with Gasteiger partial charge < -0.3 is 24.7 Å². The second kappa shape index (κ2) is 9.63. The molecule has 0 spiro atoms. The Morgan fingerprint density at radius 1 is 1.29 bits per heavy atom. The highest BCUT2D eigenvalue weighted by Gasteiger charge is 2.26. The highest BCUT2D eigenvalue weighted by atomic mass is 16.5. The molecule has 9 heteroatoms. The van der Waals surface area contributed by atoms with E-state index < -0.39 is 11.7 Å². The fourth-order valence-electron chi connectivity index (χ4n) is 4.29. The van der Waals surface area contributed by atoms with Crippen molar-refractivity contribution in [2.75, 3.05) is 31.6 Å². The number of likely N-dealkylation sites (tertiary alicyclic amines) is 1. The molecule has 5 rings (SSSR count). The van der Waals surface area contributed by atoms with Gasteiger partial charge in [0.2, 0.25) is 5.88 Å². The van der Waals surface area contributed by atoms with E-state index in [2.05, 4.69) is 20.2 Å². The third-order valence-corrected chi connectivity index (χ3v) is 6.15. The van der Waals surface area contributed by atoms with Crippen LogP contribution in [0.4, 0.5) is 17.4 Å². The van der Waals surface area contributed by atoms with Crippen LogP contribution >= 0.6 is 0 Å². The molecule has 3 N–H and O–H groups in total. The number of nitrogens with zero attached hydrogens (tertiary/aromatic N) is 3. The highest BCUT2D eigenvalue weighted by Crippen LogP contribution is 2.39. The van der Waals surface area contributed by atoms with E-state index in [1.54, 1.807) is 30.6 Å². The number of aromatic nitrogens is 1. The maximum absolute atomic E-state index is 11.9. The highest BCUT2D eigenvalue weighted by molar-refractivity contribution is 6.21. The zero-order valence-electron chi connectivity index (χ0n) is 19.3. The molecule has 1 aromatic carbocycles. The van der Waals surface area contributed by atoms with Crippen molar-refractivity contribution in [2.45, 2.75) is 19.8 Å². The van der Waals surface area contributed by atoms with Crippen molar-refractivity contribution in [2.24, 2.45) is 4.99 Å². The molecule has 0 aliphatic carbocycles. The van der Waals surface area contributed by atoms with Gasteiger partial charge >= 0.3 is 5.97 Å². The third-order valence-electron chi connectivity index (χ3n) is 6.15. The largest absolute Gasteiger partial charge is 0.504 e. The molecule has 180 valence electrons. The first-order valence-corrected chi connectivity index (χ1v) is 11.5. The normalized spacial score (nSPS) is 16.1. The number of fused-ring (bicyclic) bond motifs is 1. The minimum absolute atomic E-state index is 0.0163. The number of hydrogen-bond donors (Lipinski definition) is 3. The Labute approximate surface area is 202 Å². The van der Waals surface area contributed by atoms with E-state index in [9.17, 15) is 15.0 Å². The van der Waals surface area contributed by atoms with Gasteiger partial charge in [-0.05, 0) is 74.8 Å². The summed E-state index contributed by atoms with van der Waals surface area (Å²) < 4.78 is 11.6. The quantitative estimate of drug-likeness (QED) is 0.423. The van der Waals surface area contributed by atoms with E-state index in [1.165, 1.54) is 12.8 Å². The van der Waals surface area contributed by atoms with Crippen molar-refractivity contribution in [1.82, 2.24) is 9.88 Å². The van der Waals surface area contributed by atoms with Crippen LogP contribution in [0.25, 0.3) is 11.6 Å². The molecule has 9 nitrogen and oxygen atoms in total. The molecule has 1 saturated heterocycles. The fourth-order valence-corrected chi connectivity index (χ4v) is 4.29. The summed E-state index contributed by atoms with van der Waals surface area (Å²) in [5, 5.41) is 23.3. The lowest BCUT2D eigenvalue weighted by Crippen LogP contribution is -2.25. The molecule has 0 atom stereocenters. The zero-order chi connectivity index (χ0) is 24.4. The van der Waals surface area contributed by atoms with E-state index in [1.807, 2.05) is 25.1 Å². The molecule has 0 unspecified atom stereocenters. The fraction of sp³-hybridized carbons (Fsp3) is 0.269. The lowest BCUT2D eigenvalue weighted by atomic mass is 10.1. The van der Waals surface area contributed by atoms with Crippen molar-refractivity contribution >= 4 is 41.2 Å². The van der Waals surface area contributed by atoms with Crippen molar-refractivity contribution in [3.05, 3.63) is 59.0 Å². The topological polar surface area (TPSA) is 120 Å². The molecular weight excluding hydrogens is 448 g/mol. The number of rotatable bonds is 8. The molecular formula is C26H26N4O5. The maximum atomic E-state index is 11.9. The van der Waals surface area contributed by atoms with E-state index in [-0.39, 0.29) is 17.2 Å². The van der Waals surface area contributed by atoms with Crippen LogP contribution in [0.3, 0.4) is 0 Å². The molecule has 0 amide bonds. The van der Waals surface area contributed by atoms with Gasteiger partial charge in [0.05, 0.1) is 0 Å². The number of carbonyl (C=O) groups is 1. The Hall–Kier alpha value is -4.11. The Morgan fingerprint density at radius 3 is 2.89 bits per heavy atom. The second-order valence-corrected chi connectivity index (χ2v) is 8.56. The van der Waals surface area contributed by atoms with Gasteiger partial charge in [0.15, 0.2) is 22.9 Å². The van der Waals surface area contributed by atoms with Crippen LogP contribution in [0.1, 0.15) is 40.1 Å². The number of aromatic carboxylic acids is 1. The number of benzene rings is 1. The molecule has 3 aromatic rings. The summed E-state index contributed by atoms with van der Waals surface area (Å²) in [7, 11) is 0. The van der Waals surface area contributed by atoms with Crippen molar-refractivity contribution < 1.29 is 24.2 Å². The first-order valence-electron chi connectivity index (χ1n) is 11.5. The predicted octanol–water partition coefficient (Wildman–Crippen LogP) is 4.86. The molecule has 0 saturated carbocycles. The number of nitrogens with one attached hydrogen (secondary N) is 1. The van der Waals surface area contributed by atoms with Crippen LogP contribution in [0.2, 0.25) is 0 Å². The van der Waals surface area contributed by atoms with Crippen molar-refractivity contribution in [1.29, 1.82) is 0 Å². The first kappa shape index (κ1) is 22.7. The smallest absolute Gasteiger partial charge is 0.345 e. The first-order chi connectivity index (χ1) is 17.0. The molecule has 1 fully saturated rings. The van der Waals surface area contributed by atoms with Gasteiger partial charge in [-0.1, -0.05) is 0 Å². The van der Waals surface area contributed by atoms with Crippen LogP contribution in [0, 0.1) is 6.92 Å². The molecule has 4 heterocycles. The number of ether oxygens (including phenoxy) is 1. The zero-order valence-corrected chi connectivity index (χ0v) is 19.3. The summed E-state index contributed by atoms with van der Waals surface area (Å²) in [5.74, 6) is -0.513. The molecule has 2 aromatic heterocycles. The summed E-state index contributed by atoms with van der Waals surface area (Å²) in [4.78, 5) is 22.7. The van der Waals surface area contributed by atoms with Crippen LogP contribution in [0.5, 0.6) is 11.5 Å². The molecule has 2 aliphatic heterocycles. The standard InChI is InChI=1S/C26H26N4O5/c1-16-13-18(34-12-11-30-9-2-3-10-30)6-7-20(16)29-25-22(26(32)33)23(31)21(35-25)14-17-15-28-24-19(17)5-4-8-27-24/h4-8,13-15,29,31H,2-3,9-12H2,1H3,(H,32,33). The number of aromatic hydroxyl groups is 1. The SMILES string of the molecule is Cc1cc(OCCN2CCCC2)ccc1Nc1oc(C=C2C=Nc3ncccc32)c(O)c1C(=O)O. The Bertz CT molecular complexity index is 1320. The number of allylic oxidation sites excluding steroid dienone is 1. The Kier molecular flexibility index (Phi) is 6.24. The third kappa shape index (κ3) is 4.76. The van der Waals surface area contributed by atoms with Crippen LogP contribution in [0.15, 0.2) is 45.9 Å². The number of carboxylic acid groups (broad SMARTS) is 1. The minimum Gasteiger partial charge on any atom is -0.504 e. The maximum Gasteiger partial charge on any atom is 0.345 e. The van der Waals surface area contributed by atoms with Gasteiger partial charge in [0, 0.05) is 35.8 Å². The number of aryl methyl sites for hydroxylation is 1. The summed E-state index contributed by atoms with van der Waals surface area (Å²) >= 11 is 0. The van der Waals surface area contributed by atoms with Gasteiger partial charge in [-0.2, -0.15) is 0 Å². The number of furan rings is 1. The predicted molar refractivity (Wildman–Crippen MR) is 133 cm³/mol. The summed E-state index contributed by atoms with van der Waals surface area (Å²) in [6, 6.07) is 9.13. The van der Waals surface area contributed by atoms with E-state index >= 15 is 0 Å². The van der Waals surface area contributed by atoms with Gasteiger partial charge in [-0.3, -0.25) is 4.90 Å². The van der Waals surface area contributed by atoms with E-state index in [4.69, 9.17) is 9.15 Å². The Morgan fingerprint density at radius 2 is 2.11 bits per heavy atom. The van der Waals surface area contributed by atoms with Crippen LogP contribution in [-0.4, -0.2) is 58.5 Å². The average Bonchev–Trinajstić information content (AvgIpc) is 3.56. The lowest BCUT2D eigenvalue weighted by molar-refractivity contribution is 0.0695. The number of aliphatic imine (C=N–C) groups is 1. The summed E-state index contributed by atoms with van der Waals surface area (Å²) in [5.41, 5.74) is 2.57. The monoisotopic (exact) mass is 474 g/mol. The van der Waals surface area contributed by atoms with Crippen LogP contribution < -0.4 is 10.1 Å². The summed E-state index contributed by atoms with van der Waals surface area (Å²) in [6.45, 7) is 5.66. The van der Waals surface area contributed by atoms with Crippen molar-refractivity contribution in [3.63, 3.8) is 0 Å². The second-order valence-electron chi connectivity index (χ2n) is 8.56. The number of hydrogen-bond acceptors (Lipinski definition) is 8.